The van der Waals surface area contributed by atoms with Gasteiger partial charge >= 0.3 is 0 Å². The molecular formula is C20H19N5O2S. The monoisotopic (exact) mass is 393 g/mol. The zero-order valence-electron chi connectivity index (χ0n) is 15.5. The molecule has 28 heavy (non-hydrogen) atoms. The first-order valence-electron chi connectivity index (χ1n) is 8.89. The summed E-state index contributed by atoms with van der Waals surface area (Å²) in [5.74, 6) is 1.20. The number of aromatic amines is 1. The van der Waals surface area contributed by atoms with Gasteiger partial charge in [0.25, 0.3) is 0 Å². The first-order valence-corrected chi connectivity index (χ1v) is 9.30. The number of hydrogen-bond donors (Lipinski definition) is 2. The SMILES string of the molecule is Cc1ccc(-c2n[nH]c(=S)n2CCC(=O)Nc2ccc3oc(C)nc3c2)cc1. The number of carbonyl (C=O) groups excluding carboxylic acids is 1. The Bertz CT molecular complexity index is 1200. The highest BCUT2D eigenvalue weighted by Gasteiger charge is 2.11. The highest BCUT2D eigenvalue weighted by Crippen LogP contribution is 2.21. The first-order chi connectivity index (χ1) is 13.5. The highest BCUT2D eigenvalue weighted by atomic mass is 32.1. The van der Waals surface area contributed by atoms with Crippen LogP contribution >= 0.6 is 12.2 Å². The number of aromatic nitrogens is 4. The van der Waals surface area contributed by atoms with Crippen molar-refractivity contribution in [2.75, 3.05) is 5.32 Å². The number of carbonyl (C=O) groups is 1. The number of fused-ring (bicyclic) bond motifs is 1. The van der Waals surface area contributed by atoms with Gasteiger partial charge in [0.15, 0.2) is 22.1 Å². The van der Waals surface area contributed by atoms with E-state index in [1.165, 1.54) is 5.56 Å². The number of nitrogens with one attached hydrogen (secondary N) is 2. The van der Waals surface area contributed by atoms with Gasteiger partial charge < -0.3 is 9.73 Å². The third-order valence-corrected chi connectivity index (χ3v) is 4.72. The summed E-state index contributed by atoms with van der Waals surface area (Å²) in [6, 6.07) is 13.4. The number of oxazole rings is 1. The van der Waals surface area contributed by atoms with E-state index in [1.54, 1.807) is 25.1 Å². The van der Waals surface area contributed by atoms with Gasteiger partial charge in [0.05, 0.1) is 0 Å². The third kappa shape index (κ3) is 3.72. The molecule has 0 bridgehead atoms. The number of rotatable bonds is 5. The Morgan fingerprint density at radius 1 is 1.21 bits per heavy atom. The minimum atomic E-state index is -0.113. The maximum Gasteiger partial charge on any atom is 0.226 e. The molecular weight excluding hydrogens is 374 g/mol. The van der Waals surface area contributed by atoms with Gasteiger partial charge in [-0.3, -0.25) is 14.5 Å². The van der Waals surface area contributed by atoms with Gasteiger partial charge in [-0.15, -0.1) is 0 Å². The lowest BCUT2D eigenvalue weighted by Gasteiger charge is -2.08. The number of nitrogens with zero attached hydrogens (tertiary/aromatic N) is 3. The largest absolute Gasteiger partial charge is 0.441 e. The average Bonchev–Trinajstić information content (AvgIpc) is 3.22. The van der Waals surface area contributed by atoms with Crippen LogP contribution in [0, 0.1) is 18.6 Å². The maximum atomic E-state index is 12.4. The summed E-state index contributed by atoms with van der Waals surface area (Å²) in [5.41, 5.74) is 4.21. The molecule has 0 atom stereocenters. The van der Waals surface area contributed by atoms with E-state index in [4.69, 9.17) is 16.6 Å². The van der Waals surface area contributed by atoms with Crippen LogP contribution in [0.2, 0.25) is 0 Å². The summed E-state index contributed by atoms with van der Waals surface area (Å²) >= 11 is 5.33. The van der Waals surface area contributed by atoms with E-state index < -0.39 is 0 Å². The molecule has 1 amide bonds. The van der Waals surface area contributed by atoms with Gasteiger partial charge in [0.1, 0.15) is 5.52 Å². The average molecular weight is 393 g/mol. The highest BCUT2D eigenvalue weighted by molar-refractivity contribution is 7.71. The van der Waals surface area contributed by atoms with Crippen LogP contribution in [0.1, 0.15) is 17.9 Å². The van der Waals surface area contributed by atoms with Crippen LogP contribution in [-0.2, 0) is 11.3 Å². The van der Waals surface area contributed by atoms with Gasteiger partial charge in [-0.2, -0.15) is 5.10 Å². The fourth-order valence-corrected chi connectivity index (χ4v) is 3.23. The third-order valence-electron chi connectivity index (χ3n) is 4.41. The van der Waals surface area contributed by atoms with E-state index in [0.29, 0.717) is 34.0 Å². The van der Waals surface area contributed by atoms with Crippen LogP contribution in [-0.4, -0.2) is 25.7 Å². The molecule has 142 valence electrons. The number of amides is 1. The Balaban J connectivity index is 1.46. The smallest absolute Gasteiger partial charge is 0.226 e. The van der Waals surface area contributed by atoms with E-state index in [2.05, 4.69) is 20.5 Å². The van der Waals surface area contributed by atoms with Crippen LogP contribution < -0.4 is 5.32 Å². The molecule has 0 fully saturated rings. The van der Waals surface area contributed by atoms with Crippen LogP contribution in [0.5, 0.6) is 0 Å². The molecule has 0 saturated carbocycles. The van der Waals surface area contributed by atoms with Gasteiger partial charge in [0.2, 0.25) is 5.91 Å². The Morgan fingerprint density at radius 3 is 2.79 bits per heavy atom. The van der Waals surface area contributed by atoms with Crippen molar-refractivity contribution in [1.82, 2.24) is 19.7 Å². The van der Waals surface area contributed by atoms with E-state index in [-0.39, 0.29) is 12.3 Å². The predicted molar refractivity (Wildman–Crippen MR) is 110 cm³/mol. The molecule has 7 nitrogen and oxygen atoms in total. The predicted octanol–water partition coefficient (Wildman–Crippen LogP) is 4.39. The van der Waals surface area contributed by atoms with E-state index in [9.17, 15) is 4.79 Å². The molecule has 0 spiro atoms. The fourth-order valence-electron chi connectivity index (χ4n) is 3.01. The summed E-state index contributed by atoms with van der Waals surface area (Å²) in [6.07, 6.45) is 0.266. The van der Waals surface area contributed by atoms with Crippen LogP contribution in [0.15, 0.2) is 46.9 Å². The second kappa shape index (κ2) is 7.40. The van der Waals surface area contributed by atoms with Crippen molar-refractivity contribution in [3.05, 3.63) is 58.7 Å². The molecule has 0 aliphatic heterocycles. The Labute approximate surface area is 166 Å². The van der Waals surface area contributed by atoms with Crippen molar-refractivity contribution >= 4 is 34.9 Å². The van der Waals surface area contributed by atoms with Crippen molar-refractivity contribution < 1.29 is 9.21 Å². The molecule has 2 heterocycles. The molecule has 0 saturated heterocycles. The standard InChI is InChI=1S/C20H19N5O2S/c1-12-3-5-14(6-4-12)19-23-24-20(28)25(19)10-9-18(26)22-15-7-8-17-16(11-15)21-13(2)27-17/h3-8,11H,9-10H2,1-2H3,(H,22,26)(H,24,28). The van der Waals surface area contributed by atoms with Crippen molar-refractivity contribution in [3.8, 4) is 11.4 Å². The van der Waals surface area contributed by atoms with Crippen molar-refractivity contribution in [2.45, 2.75) is 26.8 Å². The second-order valence-corrected chi connectivity index (χ2v) is 6.97. The number of benzene rings is 2. The Kier molecular flexibility index (Phi) is 4.79. The van der Waals surface area contributed by atoms with E-state index in [0.717, 1.165) is 11.4 Å². The lowest BCUT2D eigenvalue weighted by atomic mass is 10.1. The van der Waals surface area contributed by atoms with Crippen LogP contribution in [0.3, 0.4) is 0 Å². The normalized spacial score (nSPS) is 11.1. The number of aryl methyl sites for hydroxylation is 2. The van der Waals surface area contributed by atoms with Gasteiger partial charge in [-0.25, -0.2) is 4.98 Å². The molecule has 2 aromatic carbocycles. The number of hydrogen-bond acceptors (Lipinski definition) is 5. The minimum Gasteiger partial charge on any atom is -0.441 e. The Hall–Kier alpha value is -3.26. The van der Waals surface area contributed by atoms with Crippen molar-refractivity contribution in [1.29, 1.82) is 0 Å². The zero-order valence-corrected chi connectivity index (χ0v) is 16.3. The van der Waals surface area contributed by atoms with Gasteiger partial charge in [0, 0.05) is 31.1 Å². The lowest BCUT2D eigenvalue weighted by molar-refractivity contribution is -0.116. The van der Waals surface area contributed by atoms with E-state index in [1.807, 2.05) is 35.8 Å². The first kappa shape index (κ1) is 18.1. The molecule has 4 aromatic rings. The molecule has 2 N–H and O–H groups in total. The van der Waals surface area contributed by atoms with Gasteiger partial charge in [-0.05, 0) is 37.3 Å². The minimum absolute atomic E-state index is 0.113. The lowest BCUT2D eigenvalue weighted by Crippen LogP contribution is -2.15. The molecule has 4 rings (SSSR count). The maximum absolute atomic E-state index is 12.4. The van der Waals surface area contributed by atoms with Crippen LogP contribution in [0.25, 0.3) is 22.5 Å². The van der Waals surface area contributed by atoms with Gasteiger partial charge in [-0.1, -0.05) is 29.8 Å². The topological polar surface area (TPSA) is 88.7 Å². The number of H-pyrrole nitrogens is 1. The summed E-state index contributed by atoms with van der Waals surface area (Å²) in [7, 11) is 0. The fraction of sp³-hybridized carbons (Fsp3) is 0.200. The van der Waals surface area contributed by atoms with Crippen LogP contribution in [0.4, 0.5) is 5.69 Å². The number of anilines is 1. The van der Waals surface area contributed by atoms with Crippen molar-refractivity contribution in [2.24, 2.45) is 0 Å². The molecule has 0 unspecified atom stereocenters. The Morgan fingerprint density at radius 2 is 2.00 bits per heavy atom. The quantitative estimate of drug-likeness (QED) is 0.491. The molecule has 2 aromatic heterocycles. The summed E-state index contributed by atoms with van der Waals surface area (Å²) in [5, 5.41) is 10.0. The molecule has 0 aliphatic rings. The molecule has 0 radical (unpaired) electrons. The summed E-state index contributed by atoms with van der Waals surface area (Å²) < 4.78 is 7.78. The zero-order chi connectivity index (χ0) is 19.7. The molecule has 8 heteroatoms. The summed E-state index contributed by atoms with van der Waals surface area (Å²) in [6.45, 7) is 4.25. The molecule has 0 aliphatic carbocycles. The summed E-state index contributed by atoms with van der Waals surface area (Å²) in [4.78, 5) is 16.7. The van der Waals surface area contributed by atoms with E-state index >= 15 is 0 Å². The second-order valence-electron chi connectivity index (χ2n) is 6.58. The van der Waals surface area contributed by atoms with Crippen molar-refractivity contribution in [3.63, 3.8) is 0 Å².